The molecule has 0 N–H and O–H groups in total. The molecule has 0 fully saturated rings. The van der Waals surface area contributed by atoms with Gasteiger partial charge in [0.2, 0.25) is 5.76 Å². The Morgan fingerprint density at radius 1 is 1.40 bits per heavy atom. The van der Waals surface area contributed by atoms with E-state index in [1.54, 1.807) is 6.07 Å². The van der Waals surface area contributed by atoms with Gasteiger partial charge < -0.3 is 9.15 Å². The number of aryl methyl sites for hydroxylation is 1. The van der Waals surface area contributed by atoms with Gasteiger partial charge in [-0.15, -0.1) is 0 Å². The predicted octanol–water partition coefficient (Wildman–Crippen LogP) is 3.33. The summed E-state index contributed by atoms with van der Waals surface area (Å²) in [5.74, 6) is -0.0283. The van der Waals surface area contributed by atoms with Gasteiger partial charge in [-0.1, -0.05) is 26.2 Å². The molecule has 0 saturated heterocycles. The molecule has 0 aromatic carbocycles. The number of rotatable bonds is 6. The molecule has 1 rings (SSSR count). The van der Waals surface area contributed by atoms with Crippen LogP contribution >= 0.6 is 0 Å². The van der Waals surface area contributed by atoms with Crippen molar-refractivity contribution >= 4 is 5.97 Å². The minimum absolute atomic E-state index is 0.325. The molecular formula is C12H18O3. The third kappa shape index (κ3) is 3.78. The first-order chi connectivity index (χ1) is 7.25. The van der Waals surface area contributed by atoms with Gasteiger partial charge in [0.1, 0.15) is 0 Å². The van der Waals surface area contributed by atoms with Crippen LogP contribution in [0.15, 0.2) is 16.7 Å². The Kier molecular flexibility index (Phi) is 4.95. The van der Waals surface area contributed by atoms with Crippen LogP contribution < -0.4 is 0 Å². The number of carbonyl (C=O) groups excluding carboxylic acids is 1. The summed E-state index contributed by atoms with van der Waals surface area (Å²) in [5.41, 5.74) is 0.827. The summed E-state index contributed by atoms with van der Waals surface area (Å²) in [6, 6.07) is 1.76. The number of hydrogen-bond donors (Lipinski definition) is 0. The van der Waals surface area contributed by atoms with Crippen molar-refractivity contribution in [2.45, 2.75) is 39.5 Å². The van der Waals surface area contributed by atoms with Crippen LogP contribution in [0.4, 0.5) is 0 Å². The summed E-state index contributed by atoms with van der Waals surface area (Å²) in [7, 11) is 0. The topological polar surface area (TPSA) is 39.4 Å². The van der Waals surface area contributed by atoms with Crippen LogP contribution in [-0.2, 0) is 4.74 Å². The number of furan rings is 1. The van der Waals surface area contributed by atoms with Crippen LogP contribution in [0.25, 0.3) is 0 Å². The minimum Gasteiger partial charge on any atom is -0.460 e. The van der Waals surface area contributed by atoms with Gasteiger partial charge >= 0.3 is 5.97 Å². The standard InChI is InChI=1S/C12H18O3/c1-3-4-5-6-8-15-12(13)11-10(2)7-9-14-11/h7,9H,3-6,8H2,1-2H3. The van der Waals surface area contributed by atoms with Crippen molar-refractivity contribution in [3.05, 3.63) is 23.7 Å². The third-order valence-corrected chi connectivity index (χ3v) is 2.28. The maximum absolute atomic E-state index is 11.4. The first-order valence-electron chi connectivity index (χ1n) is 5.47. The monoisotopic (exact) mass is 210 g/mol. The van der Waals surface area contributed by atoms with Crippen LogP contribution in [0.5, 0.6) is 0 Å². The first-order valence-corrected chi connectivity index (χ1v) is 5.47. The Balaban J connectivity index is 2.22. The van der Waals surface area contributed by atoms with Gasteiger partial charge in [0, 0.05) is 5.56 Å². The Morgan fingerprint density at radius 3 is 2.80 bits per heavy atom. The van der Waals surface area contributed by atoms with E-state index in [4.69, 9.17) is 9.15 Å². The van der Waals surface area contributed by atoms with E-state index in [-0.39, 0.29) is 5.97 Å². The molecule has 3 nitrogen and oxygen atoms in total. The molecule has 0 atom stereocenters. The van der Waals surface area contributed by atoms with Crippen LogP contribution in [0, 0.1) is 6.92 Å². The maximum atomic E-state index is 11.4. The summed E-state index contributed by atoms with van der Waals surface area (Å²) >= 11 is 0. The highest BCUT2D eigenvalue weighted by atomic mass is 16.5. The highest BCUT2D eigenvalue weighted by molar-refractivity contribution is 5.87. The van der Waals surface area contributed by atoms with Crippen molar-refractivity contribution in [3.8, 4) is 0 Å². The average Bonchev–Trinajstić information content (AvgIpc) is 2.64. The molecule has 0 aliphatic heterocycles. The molecule has 0 spiro atoms. The lowest BCUT2D eigenvalue weighted by molar-refractivity contribution is 0.0460. The SMILES string of the molecule is CCCCCCOC(=O)c1occc1C. The van der Waals surface area contributed by atoms with E-state index >= 15 is 0 Å². The fourth-order valence-electron chi connectivity index (χ4n) is 1.34. The maximum Gasteiger partial charge on any atom is 0.374 e. The van der Waals surface area contributed by atoms with E-state index in [0.29, 0.717) is 12.4 Å². The number of hydrogen-bond acceptors (Lipinski definition) is 3. The summed E-state index contributed by atoms with van der Waals surface area (Å²) in [6.07, 6.45) is 5.92. The molecule has 1 heterocycles. The van der Waals surface area contributed by atoms with Gasteiger partial charge in [-0.05, 0) is 19.4 Å². The van der Waals surface area contributed by atoms with E-state index in [1.165, 1.54) is 19.1 Å². The van der Waals surface area contributed by atoms with Crippen LogP contribution in [-0.4, -0.2) is 12.6 Å². The Labute approximate surface area is 90.4 Å². The van der Waals surface area contributed by atoms with E-state index in [1.807, 2.05) is 6.92 Å². The predicted molar refractivity (Wildman–Crippen MR) is 57.9 cm³/mol. The fourth-order valence-corrected chi connectivity index (χ4v) is 1.34. The molecule has 0 bridgehead atoms. The van der Waals surface area contributed by atoms with Crippen molar-refractivity contribution < 1.29 is 13.9 Å². The summed E-state index contributed by atoms with van der Waals surface area (Å²) in [4.78, 5) is 11.4. The molecule has 1 aromatic rings. The molecule has 0 aliphatic carbocycles. The molecule has 0 amide bonds. The first kappa shape index (κ1) is 11.8. The summed E-state index contributed by atoms with van der Waals surface area (Å²) in [6.45, 7) is 4.47. The highest BCUT2D eigenvalue weighted by Crippen LogP contribution is 2.10. The van der Waals surface area contributed by atoms with E-state index < -0.39 is 0 Å². The van der Waals surface area contributed by atoms with Crippen molar-refractivity contribution in [2.24, 2.45) is 0 Å². The molecule has 3 heteroatoms. The molecule has 0 radical (unpaired) electrons. The van der Waals surface area contributed by atoms with Gasteiger partial charge in [-0.25, -0.2) is 4.79 Å². The highest BCUT2D eigenvalue weighted by Gasteiger charge is 2.13. The average molecular weight is 210 g/mol. The molecular weight excluding hydrogens is 192 g/mol. The Morgan fingerprint density at radius 2 is 2.20 bits per heavy atom. The number of esters is 1. The number of carbonyl (C=O) groups is 1. The fraction of sp³-hybridized carbons (Fsp3) is 0.583. The van der Waals surface area contributed by atoms with Gasteiger partial charge in [0.15, 0.2) is 0 Å². The number of ether oxygens (including phenoxy) is 1. The summed E-state index contributed by atoms with van der Waals surface area (Å²) in [5, 5.41) is 0. The zero-order valence-electron chi connectivity index (χ0n) is 9.41. The van der Waals surface area contributed by atoms with Crippen molar-refractivity contribution in [2.75, 3.05) is 6.61 Å². The second-order valence-corrected chi connectivity index (χ2v) is 3.63. The lowest BCUT2D eigenvalue weighted by Crippen LogP contribution is -2.06. The Bertz CT molecular complexity index is 302. The smallest absolute Gasteiger partial charge is 0.374 e. The molecule has 15 heavy (non-hydrogen) atoms. The summed E-state index contributed by atoms with van der Waals surface area (Å²) < 4.78 is 10.1. The van der Waals surface area contributed by atoms with Gasteiger partial charge in [0.05, 0.1) is 12.9 Å². The van der Waals surface area contributed by atoms with Crippen LogP contribution in [0.1, 0.15) is 48.7 Å². The normalized spacial score (nSPS) is 10.3. The largest absolute Gasteiger partial charge is 0.460 e. The van der Waals surface area contributed by atoms with Gasteiger partial charge in [-0.3, -0.25) is 0 Å². The van der Waals surface area contributed by atoms with Crippen LogP contribution in [0.3, 0.4) is 0 Å². The van der Waals surface area contributed by atoms with Crippen LogP contribution in [0.2, 0.25) is 0 Å². The molecule has 1 aromatic heterocycles. The zero-order chi connectivity index (χ0) is 11.1. The van der Waals surface area contributed by atoms with E-state index in [2.05, 4.69) is 6.92 Å². The van der Waals surface area contributed by atoms with E-state index in [0.717, 1.165) is 18.4 Å². The van der Waals surface area contributed by atoms with Gasteiger partial charge in [0.25, 0.3) is 0 Å². The second-order valence-electron chi connectivity index (χ2n) is 3.63. The third-order valence-electron chi connectivity index (χ3n) is 2.28. The lowest BCUT2D eigenvalue weighted by Gasteiger charge is -2.02. The molecule has 0 unspecified atom stereocenters. The zero-order valence-corrected chi connectivity index (χ0v) is 9.41. The minimum atomic E-state index is -0.353. The van der Waals surface area contributed by atoms with Crippen molar-refractivity contribution in [1.82, 2.24) is 0 Å². The van der Waals surface area contributed by atoms with Crippen molar-refractivity contribution in [3.63, 3.8) is 0 Å². The molecule has 0 saturated carbocycles. The van der Waals surface area contributed by atoms with Crippen molar-refractivity contribution in [1.29, 1.82) is 0 Å². The molecule has 84 valence electrons. The Hall–Kier alpha value is -1.25. The van der Waals surface area contributed by atoms with E-state index in [9.17, 15) is 4.79 Å². The lowest BCUT2D eigenvalue weighted by atomic mass is 10.2. The quantitative estimate of drug-likeness (QED) is 0.534. The number of unbranched alkanes of at least 4 members (excludes halogenated alkanes) is 3. The molecule has 0 aliphatic rings. The van der Waals surface area contributed by atoms with Gasteiger partial charge in [-0.2, -0.15) is 0 Å². The second kappa shape index (κ2) is 6.27.